The molecule has 0 aliphatic heterocycles. The van der Waals surface area contributed by atoms with Crippen molar-refractivity contribution in [2.45, 2.75) is 20.0 Å². The van der Waals surface area contributed by atoms with E-state index in [9.17, 15) is 4.79 Å². The second kappa shape index (κ2) is 5.86. The molecule has 6 heteroatoms. The van der Waals surface area contributed by atoms with Crippen LogP contribution in [0, 0.1) is 0 Å². The Morgan fingerprint density at radius 3 is 2.78 bits per heavy atom. The van der Waals surface area contributed by atoms with Crippen LogP contribution in [-0.4, -0.2) is 11.1 Å². The van der Waals surface area contributed by atoms with E-state index in [-0.39, 0.29) is 4.88 Å². The smallest absolute Gasteiger partial charge is 0.349 e. The van der Waals surface area contributed by atoms with Crippen LogP contribution in [-0.2, 0) is 13.0 Å². The van der Waals surface area contributed by atoms with Crippen molar-refractivity contribution < 1.29 is 14.6 Å². The molecule has 3 nitrogen and oxygen atoms in total. The Bertz CT molecular complexity index is 559. The van der Waals surface area contributed by atoms with Crippen LogP contribution in [0.4, 0.5) is 0 Å². The average Bonchev–Trinajstić information content (AvgIpc) is 2.92. The van der Waals surface area contributed by atoms with Crippen molar-refractivity contribution in [2.24, 2.45) is 0 Å². The highest BCUT2D eigenvalue weighted by atomic mass is 79.9. The van der Waals surface area contributed by atoms with Crippen LogP contribution in [0.1, 0.15) is 26.3 Å². The number of halogens is 1. The highest BCUT2D eigenvalue weighted by molar-refractivity contribution is 9.10. The van der Waals surface area contributed by atoms with Gasteiger partial charge in [0.1, 0.15) is 12.4 Å². The molecule has 0 aliphatic rings. The highest BCUT2D eigenvalue weighted by Gasteiger charge is 2.16. The minimum atomic E-state index is -0.929. The lowest BCUT2D eigenvalue weighted by atomic mass is 10.3. The number of carboxylic acids is 1. The fourth-order valence-electron chi connectivity index (χ4n) is 1.43. The van der Waals surface area contributed by atoms with Gasteiger partial charge >= 0.3 is 5.97 Å². The zero-order chi connectivity index (χ0) is 13.1. The van der Waals surface area contributed by atoms with E-state index in [0.29, 0.717) is 12.4 Å². The summed E-state index contributed by atoms with van der Waals surface area (Å²) in [7, 11) is 0. The molecule has 2 aromatic heterocycles. The summed E-state index contributed by atoms with van der Waals surface area (Å²) in [5.41, 5.74) is 0. The van der Waals surface area contributed by atoms with Gasteiger partial charge in [0.05, 0.1) is 0 Å². The largest absolute Gasteiger partial charge is 0.486 e. The number of carboxylic acid groups (broad SMARTS) is 1. The molecule has 0 bridgehead atoms. The minimum absolute atomic E-state index is 0.280. The summed E-state index contributed by atoms with van der Waals surface area (Å²) in [6, 6.07) is 3.79. The molecule has 0 spiro atoms. The summed E-state index contributed by atoms with van der Waals surface area (Å²) in [4.78, 5) is 13.5. The van der Waals surface area contributed by atoms with Crippen molar-refractivity contribution in [2.75, 3.05) is 0 Å². The molecular formula is C12H11BrO3S2. The summed E-state index contributed by atoms with van der Waals surface area (Å²) >= 11 is 6.23. The summed E-state index contributed by atoms with van der Waals surface area (Å²) in [6.07, 6.45) is 0.818. The molecule has 0 amide bonds. The molecule has 2 rings (SSSR count). The van der Waals surface area contributed by atoms with Gasteiger partial charge < -0.3 is 9.84 Å². The third-order valence-electron chi connectivity index (χ3n) is 2.28. The zero-order valence-electron chi connectivity index (χ0n) is 9.60. The lowest BCUT2D eigenvalue weighted by Gasteiger charge is -2.02. The topological polar surface area (TPSA) is 46.5 Å². The fraction of sp³-hybridized carbons (Fsp3) is 0.250. The summed E-state index contributed by atoms with van der Waals surface area (Å²) in [5, 5.41) is 11.1. The normalized spacial score (nSPS) is 10.6. The van der Waals surface area contributed by atoms with Crippen molar-refractivity contribution in [3.8, 4) is 5.75 Å². The Balaban J connectivity index is 2.12. The molecule has 2 heterocycles. The molecule has 0 fully saturated rings. The summed E-state index contributed by atoms with van der Waals surface area (Å²) < 4.78 is 6.62. The number of thiophene rings is 2. The van der Waals surface area contributed by atoms with E-state index < -0.39 is 5.97 Å². The standard InChI is InChI=1S/C12H11BrO3S2/c1-2-8-4-10(11(18-8)12(14)15)16-5-9-3-7(13)6-17-9/h3-4,6H,2,5H2,1H3,(H,14,15). The summed E-state index contributed by atoms with van der Waals surface area (Å²) in [6.45, 7) is 2.40. The number of carbonyl (C=O) groups is 1. The van der Waals surface area contributed by atoms with Gasteiger partial charge in [0, 0.05) is 19.6 Å². The van der Waals surface area contributed by atoms with Crippen molar-refractivity contribution in [3.05, 3.63) is 36.6 Å². The second-order valence-corrected chi connectivity index (χ2v) is 6.63. The van der Waals surface area contributed by atoms with Crippen LogP contribution in [0.5, 0.6) is 5.75 Å². The van der Waals surface area contributed by atoms with E-state index >= 15 is 0 Å². The van der Waals surface area contributed by atoms with Gasteiger partial charge in [0.15, 0.2) is 4.88 Å². The second-order valence-electron chi connectivity index (χ2n) is 3.58. The van der Waals surface area contributed by atoms with Gasteiger partial charge in [0.25, 0.3) is 0 Å². The summed E-state index contributed by atoms with van der Waals surface area (Å²) in [5.74, 6) is -0.462. The number of rotatable bonds is 5. The molecule has 2 aromatic rings. The van der Waals surface area contributed by atoms with E-state index in [1.165, 1.54) is 11.3 Å². The van der Waals surface area contributed by atoms with Crippen LogP contribution >= 0.6 is 38.6 Å². The maximum absolute atomic E-state index is 11.1. The third-order valence-corrected chi connectivity index (χ3v) is 5.20. The fourth-order valence-corrected chi connectivity index (χ4v) is 3.67. The molecule has 18 heavy (non-hydrogen) atoms. The van der Waals surface area contributed by atoms with Crippen molar-refractivity contribution in [1.82, 2.24) is 0 Å². The minimum Gasteiger partial charge on any atom is -0.486 e. The van der Waals surface area contributed by atoms with Crippen LogP contribution in [0.15, 0.2) is 22.0 Å². The first-order valence-corrected chi connectivity index (χ1v) is 7.80. The van der Waals surface area contributed by atoms with Crippen molar-refractivity contribution >= 4 is 44.6 Å². The van der Waals surface area contributed by atoms with Gasteiger partial charge in [-0.05, 0) is 34.5 Å². The molecular weight excluding hydrogens is 336 g/mol. The molecule has 0 aromatic carbocycles. The zero-order valence-corrected chi connectivity index (χ0v) is 12.8. The lowest BCUT2D eigenvalue weighted by molar-refractivity contribution is 0.0697. The molecule has 1 N–H and O–H groups in total. The Morgan fingerprint density at radius 2 is 2.22 bits per heavy atom. The number of aromatic carboxylic acids is 1. The van der Waals surface area contributed by atoms with Gasteiger partial charge in [-0.25, -0.2) is 4.79 Å². The van der Waals surface area contributed by atoms with Gasteiger partial charge in [-0.1, -0.05) is 6.92 Å². The Labute approximate surface area is 121 Å². The van der Waals surface area contributed by atoms with E-state index in [1.54, 1.807) is 11.3 Å². The molecule has 0 radical (unpaired) electrons. The lowest BCUT2D eigenvalue weighted by Crippen LogP contribution is -1.98. The predicted octanol–water partition coefficient (Wildman–Crippen LogP) is 4.41. The van der Waals surface area contributed by atoms with Crippen LogP contribution < -0.4 is 4.74 Å². The first kappa shape index (κ1) is 13.6. The van der Waals surface area contributed by atoms with E-state index in [1.807, 2.05) is 24.4 Å². The number of hydrogen-bond acceptors (Lipinski definition) is 4. The molecule has 0 saturated carbocycles. The van der Waals surface area contributed by atoms with Crippen molar-refractivity contribution in [1.29, 1.82) is 0 Å². The van der Waals surface area contributed by atoms with Gasteiger partial charge in [-0.2, -0.15) is 0 Å². The SMILES string of the molecule is CCc1cc(OCc2cc(Br)cs2)c(C(=O)O)s1. The van der Waals surface area contributed by atoms with Gasteiger partial charge in [0.2, 0.25) is 0 Å². The van der Waals surface area contributed by atoms with Crippen LogP contribution in [0.25, 0.3) is 0 Å². The van der Waals surface area contributed by atoms with E-state index in [2.05, 4.69) is 15.9 Å². The van der Waals surface area contributed by atoms with Crippen molar-refractivity contribution in [3.63, 3.8) is 0 Å². The predicted molar refractivity (Wildman–Crippen MR) is 77.0 cm³/mol. The first-order valence-electron chi connectivity index (χ1n) is 5.32. The Morgan fingerprint density at radius 1 is 1.44 bits per heavy atom. The maximum Gasteiger partial charge on any atom is 0.349 e. The molecule has 96 valence electrons. The van der Waals surface area contributed by atoms with Crippen LogP contribution in [0.3, 0.4) is 0 Å². The number of ether oxygens (including phenoxy) is 1. The van der Waals surface area contributed by atoms with Gasteiger partial charge in [-0.15, -0.1) is 22.7 Å². The number of aryl methyl sites for hydroxylation is 1. The van der Waals surface area contributed by atoms with E-state index in [4.69, 9.17) is 9.84 Å². The molecule has 0 aliphatic carbocycles. The average molecular weight is 347 g/mol. The van der Waals surface area contributed by atoms with E-state index in [0.717, 1.165) is 20.6 Å². The number of hydrogen-bond donors (Lipinski definition) is 1. The highest BCUT2D eigenvalue weighted by Crippen LogP contribution is 2.31. The first-order chi connectivity index (χ1) is 8.60. The third kappa shape index (κ3) is 3.13. The maximum atomic E-state index is 11.1. The monoisotopic (exact) mass is 346 g/mol. The quantitative estimate of drug-likeness (QED) is 0.871. The molecule has 0 atom stereocenters. The Kier molecular flexibility index (Phi) is 4.42. The Hall–Kier alpha value is -0.850. The van der Waals surface area contributed by atoms with Crippen LogP contribution in [0.2, 0.25) is 0 Å². The molecule has 0 saturated heterocycles. The van der Waals surface area contributed by atoms with Gasteiger partial charge in [-0.3, -0.25) is 0 Å². The molecule has 0 unspecified atom stereocenters.